The molecule has 0 radical (unpaired) electrons. The third kappa shape index (κ3) is 5.28. The fraction of sp³-hybridized carbons (Fsp3) is 1.00. The van der Waals surface area contributed by atoms with Gasteiger partial charge in [-0.15, -0.1) is 0 Å². The maximum Gasteiger partial charge on any atom is 0.0586 e. The molecule has 1 atom stereocenters. The van der Waals surface area contributed by atoms with E-state index in [0.29, 0.717) is 12.6 Å². The highest BCUT2D eigenvalue weighted by atomic mass is 16.3. The molecule has 0 bridgehead atoms. The van der Waals surface area contributed by atoms with Crippen molar-refractivity contribution in [2.45, 2.75) is 58.0 Å². The van der Waals surface area contributed by atoms with Gasteiger partial charge in [0.1, 0.15) is 0 Å². The van der Waals surface area contributed by atoms with E-state index in [-0.39, 0.29) is 5.54 Å². The molecule has 1 unspecified atom stereocenters. The van der Waals surface area contributed by atoms with Crippen molar-refractivity contribution in [2.75, 3.05) is 26.2 Å². The van der Waals surface area contributed by atoms with Crippen molar-refractivity contribution < 1.29 is 5.11 Å². The number of nitrogens with one attached hydrogen (secondary N) is 1. The first-order valence-corrected chi connectivity index (χ1v) is 6.63. The molecule has 0 aliphatic carbocycles. The zero-order chi connectivity index (χ0) is 12.0. The minimum absolute atomic E-state index is 0.221. The van der Waals surface area contributed by atoms with Gasteiger partial charge >= 0.3 is 0 Å². The van der Waals surface area contributed by atoms with Crippen LogP contribution in [0.4, 0.5) is 0 Å². The van der Waals surface area contributed by atoms with Crippen LogP contribution in [0.3, 0.4) is 0 Å². The molecule has 0 saturated carbocycles. The molecule has 16 heavy (non-hydrogen) atoms. The van der Waals surface area contributed by atoms with Gasteiger partial charge in [-0.25, -0.2) is 0 Å². The first-order chi connectivity index (χ1) is 7.53. The molecular formula is C13H28N2O. The largest absolute Gasteiger partial charge is 0.395 e. The summed E-state index contributed by atoms with van der Waals surface area (Å²) in [5.74, 6) is 0. The number of hydrogen-bond acceptors (Lipinski definition) is 3. The van der Waals surface area contributed by atoms with E-state index in [1.54, 1.807) is 0 Å². The van der Waals surface area contributed by atoms with Gasteiger partial charge < -0.3 is 10.4 Å². The smallest absolute Gasteiger partial charge is 0.0586 e. The second-order valence-corrected chi connectivity index (χ2v) is 5.90. The second-order valence-electron chi connectivity index (χ2n) is 5.90. The molecule has 0 amide bonds. The van der Waals surface area contributed by atoms with Gasteiger partial charge in [-0.1, -0.05) is 6.42 Å². The first-order valence-electron chi connectivity index (χ1n) is 6.63. The Hall–Kier alpha value is -0.120. The first kappa shape index (κ1) is 13.9. The highest BCUT2D eigenvalue weighted by molar-refractivity contribution is 4.77. The molecule has 1 rings (SSSR count). The van der Waals surface area contributed by atoms with E-state index in [0.717, 1.165) is 13.1 Å². The Morgan fingerprint density at radius 3 is 2.69 bits per heavy atom. The summed E-state index contributed by atoms with van der Waals surface area (Å²) in [4.78, 5) is 2.45. The Bertz CT molecular complexity index is 189. The molecule has 3 heteroatoms. The van der Waals surface area contributed by atoms with Gasteiger partial charge in [-0.05, 0) is 59.7 Å². The third-order valence-corrected chi connectivity index (χ3v) is 3.24. The minimum Gasteiger partial charge on any atom is -0.395 e. The van der Waals surface area contributed by atoms with Gasteiger partial charge in [0.15, 0.2) is 0 Å². The molecule has 0 aromatic rings. The number of nitrogens with zero attached hydrogens (tertiary/aromatic N) is 1. The number of aliphatic hydroxyl groups is 1. The third-order valence-electron chi connectivity index (χ3n) is 3.24. The van der Waals surface area contributed by atoms with Crippen LogP contribution in [0.25, 0.3) is 0 Å². The highest BCUT2D eigenvalue weighted by Crippen LogP contribution is 2.16. The van der Waals surface area contributed by atoms with Crippen LogP contribution < -0.4 is 5.32 Å². The maximum absolute atomic E-state index is 9.29. The van der Waals surface area contributed by atoms with Crippen LogP contribution in [-0.4, -0.2) is 47.8 Å². The SMILES string of the molecule is CC(C)(C)NCCCN1CCCCC1CO. The lowest BCUT2D eigenvalue weighted by atomic mass is 10.0. The van der Waals surface area contributed by atoms with E-state index in [1.807, 2.05) is 0 Å². The number of aliphatic hydroxyl groups excluding tert-OH is 1. The Labute approximate surface area is 100 Å². The lowest BCUT2D eigenvalue weighted by Crippen LogP contribution is -2.44. The Balaban J connectivity index is 2.15. The molecule has 1 heterocycles. The molecule has 1 aliphatic heterocycles. The van der Waals surface area contributed by atoms with E-state index < -0.39 is 0 Å². The van der Waals surface area contributed by atoms with Gasteiger partial charge in [-0.3, -0.25) is 4.90 Å². The summed E-state index contributed by atoms with van der Waals surface area (Å²) in [6.45, 7) is 10.3. The van der Waals surface area contributed by atoms with E-state index in [1.165, 1.54) is 32.2 Å². The summed E-state index contributed by atoms with van der Waals surface area (Å²) in [5, 5.41) is 12.8. The van der Waals surface area contributed by atoms with Crippen molar-refractivity contribution in [1.82, 2.24) is 10.2 Å². The zero-order valence-electron chi connectivity index (χ0n) is 11.1. The Morgan fingerprint density at radius 1 is 1.31 bits per heavy atom. The molecule has 1 saturated heterocycles. The standard InChI is InChI=1S/C13H28N2O/c1-13(2,3)14-8-6-10-15-9-5-4-7-12(15)11-16/h12,14,16H,4-11H2,1-3H3. The summed E-state index contributed by atoms with van der Waals surface area (Å²) in [5.41, 5.74) is 0.221. The Morgan fingerprint density at radius 2 is 2.06 bits per heavy atom. The summed E-state index contributed by atoms with van der Waals surface area (Å²) in [7, 11) is 0. The second kappa shape index (κ2) is 6.58. The summed E-state index contributed by atoms with van der Waals surface area (Å²) < 4.78 is 0. The molecule has 0 spiro atoms. The zero-order valence-corrected chi connectivity index (χ0v) is 11.1. The molecular weight excluding hydrogens is 200 g/mol. The Kier molecular flexibility index (Phi) is 5.73. The van der Waals surface area contributed by atoms with Crippen LogP contribution in [0, 0.1) is 0 Å². The highest BCUT2D eigenvalue weighted by Gasteiger charge is 2.20. The monoisotopic (exact) mass is 228 g/mol. The van der Waals surface area contributed by atoms with E-state index in [4.69, 9.17) is 0 Å². The van der Waals surface area contributed by atoms with Gasteiger partial charge in [0.2, 0.25) is 0 Å². The normalized spacial score (nSPS) is 23.6. The number of piperidine rings is 1. The van der Waals surface area contributed by atoms with Crippen molar-refractivity contribution in [3.05, 3.63) is 0 Å². The van der Waals surface area contributed by atoms with Gasteiger partial charge in [0.25, 0.3) is 0 Å². The topological polar surface area (TPSA) is 35.5 Å². The van der Waals surface area contributed by atoms with Gasteiger partial charge in [0, 0.05) is 11.6 Å². The van der Waals surface area contributed by atoms with Crippen molar-refractivity contribution in [3.63, 3.8) is 0 Å². The van der Waals surface area contributed by atoms with E-state index >= 15 is 0 Å². The van der Waals surface area contributed by atoms with Crippen LogP contribution in [0.2, 0.25) is 0 Å². The number of likely N-dealkylation sites (tertiary alicyclic amines) is 1. The maximum atomic E-state index is 9.29. The van der Waals surface area contributed by atoms with Crippen molar-refractivity contribution in [1.29, 1.82) is 0 Å². The molecule has 0 aromatic heterocycles. The molecule has 1 fully saturated rings. The molecule has 3 nitrogen and oxygen atoms in total. The average molecular weight is 228 g/mol. The van der Waals surface area contributed by atoms with Crippen LogP contribution in [-0.2, 0) is 0 Å². The van der Waals surface area contributed by atoms with Crippen molar-refractivity contribution in [2.24, 2.45) is 0 Å². The molecule has 1 aliphatic rings. The van der Waals surface area contributed by atoms with Crippen LogP contribution >= 0.6 is 0 Å². The molecule has 0 aromatic carbocycles. The molecule has 2 N–H and O–H groups in total. The number of hydrogen-bond donors (Lipinski definition) is 2. The van der Waals surface area contributed by atoms with Crippen LogP contribution in [0.1, 0.15) is 46.5 Å². The fourth-order valence-corrected chi connectivity index (χ4v) is 2.31. The summed E-state index contributed by atoms with van der Waals surface area (Å²) in [6.07, 6.45) is 4.92. The van der Waals surface area contributed by atoms with Gasteiger partial charge in [0.05, 0.1) is 6.61 Å². The van der Waals surface area contributed by atoms with E-state index in [2.05, 4.69) is 31.0 Å². The lowest BCUT2D eigenvalue weighted by Gasteiger charge is -2.34. The van der Waals surface area contributed by atoms with Crippen molar-refractivity contribution in [3.8, 4) is 0 Å². The van der Waals surface area contributed by atoms with Crippen molar-refractivity contribution >= 4 is 0 Å². The summed E-state index contributed by atoms with van der Waals surface area (Å²) in [6, 6.07) is 0.420. The lowest BCUT2D eigenvalue weighted by molar-refractivity contribution is 0.0888. The molecule has 96 valence electrons. The predicted molar refractivity (Wildman–Crippen MR) is 68.7 cm³/mol. The van der Waals surface area contributed by atoms with E-state index in [9.17, 15) is 5.11 Å². The fourth-order valence-electron chi connectivity index (χ4n) is 2.31. The predicted octanol–water partition coefficient (Wildman–Crippen LogP) is 1.61. The quantitative estimate of drug-likeness (QED) is 0.702. The minimum atomic E-state index is 0.221. The van der Waals surface area contributed by atoms with Gasteiger partial charge in [-0.2, -0.15) is 0 Å². The van der Waals surface area contributed by atoms with Crippen LogP contribution in [0.5, 0.6) is 0 Å². The summed E-state index contributed by atoms with van der Waals surface area (Å²) >= 11 is 0. The van der Waals surface area contributed by atoms with Crippen LogP contribution in [0.15, 0.2) is 0 Å². The average Bonchev–Trinajstić information content (AvgIpc) is 2.23. The number of rotatable bonds is 5.